The molecule has 0 bridgehead atoms. The first-order chi connectivity index (χ1) is 14.4. The first kappa shape index (κ1) is 20.4. The molecule has 0 atom stereocenters. The van der Waals surface area contributed by atoms with Crippen LogP contribution in [0.15, 0.2) is 66.7 Å². The largest absolute Gasteiger partial charge is 0.319 e. The van der Waals surface area contributed by atoms with Gasteiger partial charge in [0.1, 0.15) is 0 Å². The maximum absolute atomic E-state index is 12.8. The molecule has 4 aromatic rings. The summed E-state index contributed by atoms with van der Waals surface area (Å²) in [6.07, 6.45) is 0. The first-order valence-electron chi connectivity index (χ1n) is 8.97. The lowest BCUT2D eigenvalue weighted by Crippen LogP contribution is -2.14. The van der Waals surface area contributed by atoms with Gasteiger partial charge in [-0.15, -0.1) is 5.10 Å². The van der Waals surface area contributed by atoms with Gasteiger partial charge in [-0.1, -0.05) is 53.0 Å². The molecule has 4 rings (SSSR count). The Labute approximate surface area is 188 Å². The highest BCUT2D eigenvalue weighted by Crippen LogP contribution is 2.25. The van der Waals surface area contributed by atoms with E-state index in [1.165, 1.54) is 0 Å². The molecule has 0 saturated heterocycles. The number of benzene rings is 3. The highest BCUT2D eigenvalue weighted by atomic mass is 35.5. The van der Waals surface area contributed by atoms with E-state index in [1.54, 1.807) is 53.2 Å². The second-order valence-corrected chi connectivity index (χ2v) is 7.86. The number of rotatable bonds is 4. The summed E-state index contributed by atoms with van der Waals surface area (Å²) in [4.78, 5) is 17.3. The Morgan fingerprint density at radius 2 is 1.70 bits per heavy atom. The topological polar surface area (TPSA) is 59.8 Å². The fourth-order valence-corrected chi connectivity index (χ4v) is 3.34. The molecule has 0 spiro atoms. The molecular formula is C22H15Cl3N4O. The van der Waals surface area contributed by atoms with Gasteiger partial charge in [-0.3, -0.25) is 4.79 Å². The third kappa shape index (κ3) is 4.33. The molecule has 3 aromatic carbocycles. The summed E-state index contributed by atoms with van der Waals surface area (Å²) in [7, 11) is 0. The molecule has 1 N–H and O–H groups in total. The van der Waals surface area contributed by atoms with Gasteiger partial charge in [0.05, 0.1) is 5.69 Å². The van der Waals surface area contributed by atoms with Crippen LogP contribution in [0.25, 0.3) is 17.1 Å². The van der Waals surface area contributed by atoms with Crippen molar-refractivity contribution in [3.05, 3.63) is 93.2 Å². The maximum atomic E-state index is 12.8. The number of halogens is 3. The summed E-state index contributed by atoms with van der Waals surface area (Å²) >= 11 is 18.3. The van der Waals surface area contributed by atoms with Crippen molar-refractivity contribution < 1.29 is 4.79 Å². The zero-order valence-corrected chi connectivity index (χ0v) is 18.0. The van der Waals surface area contributed by atoms with Gasteiger partial charge >= 0.3 is 0 Å². The summed E-state index contributed by atoms with van der Waals surface area (Å²) in [5.74, 6) is 0.0365. The lowest BCUT2D eigenvalue weighted by Gasteiger charge is -2.06. The number of nitrogens with zero attached hydrogens (tertiary/aromatic N) is 3. The third-order valence-corrected chi connectivity index (χ3v) is 5.29. The van der Waals surface area contributed by atoms with Gasteiger partial charge in [0.2, 0.25) is 5.82 Å². The van der Waals surface area contributed by atoms with Gasteiger partial charge in [0, 0.05) is 26.3 Å². The van der Waals surface area contributed by atoms with E-state index in [0.29, 0.717) is 32.3 Å². The van der Waals surface area contributed by atoms with E-state index in [0.717, 1.165) is 11.1 Å². The number of aromatic nitrogens is 3. The molecule has 0 unspecified atom stereocenters. The van der Waals surface area contributed by atoms with E-state index in [-0.39, 0.29) is 5.82 Å². The Hall–Kier alpha value is -2.86. The van der Waals surface area contributed by atoms with Crippen molar-refractivity contribution in [2.75, 3.05) is 5.32 Å². The lowest BCUT2D eigenvalue weighted by atomic mass is 10.2. The van der Waals surface area contributed by atoms with E-state index in [1.807, 2.05) is 25.1 Å². The SMILES string of the molecule is Cc1ccc(NC(=O)c2nc(-c3cccc(Cl)c3)n(-c3ccc(Cl)cc3)n2)cc1Cl. The predicted molar refractivity (Wildman–Crippen MR) is 121 cm³/mol. The number of carbonyl (C=O) groups excluding carboxylic acids is 1. The molecule has 30 heavy (non-hydrogen) atoms. The highest BCUT2D eigenvalue weighted by molar-refractivity contribution is 6.32. The van der Waals surface area contributed by atoms with E-state index < -0.39 is 5.91 Å². The van der Waals surface area contributed by atoms with Gasteiger partial charge < -0.3 is 5.32 Å². The van der Waals surface area contributed by atoms with Crippen LogP contribution in [0.4, 0.5) is 5.69 Å². The van der Waals surface area contributed by atoms with Crippen LogP contribution in [-0.2, 0) is 0 Å². The summed E-state index contributed by atoms with van der Waals surface area (Å²) in [5.41, 5.74) is 2.91. The normalized spacial score (nSPS) is 10.8. The summed E-state index contributed by atoms with van der Waals surface area (Å²) in [6, 6.07) is 19.6. The van der Waals surface area contributed by atoms with Crippen LogP contribution in [0, 0.1) is 6.92 Å². The summed E-state index contributed by atoms with van der Waals surface area (Å²) < 4.78 is 1.58. The molecule has 8 heteroatoms. The standard InChI is InChI=1S/C22H15Cl3N4O/c1-13-5-8-17(12-19(13)25)26-22(30)20-27-21(14-3-2-4-16(24)11-14)29(28-20)18-9-6-15(23)7-10-18/h2-12H,1H3,(H,26,30). The average molecular weight is 458 g/mol. The number of carbonyl (C=O) groups is 1. The number of anilines is 1. The molecule has 0 saturated carbocycles. The lowest BCUT2D eigenvalue weighted by molar-refractivity contribution is 0.101. The smallest absolute Gasteiger partial charge is 0.295 e. The van der Waals surface area contributed by atoms with Gasteiger partial charge in [-0.05, 0) is 61.0 Å². The number of hydrogen-bond donors (Lipinski definition) is 1. The number of amides is 1. The van der Waals surface area contributed by atoms with Crippen LogP contribution in [-0.4, -0.2) is 20.7 Å². The fraction of sp³-hybridized carbons (Fsp3) is 0.0455. The molecule has 0 fully saturated rings. The van der Waals surface area contributed by atoms with E-state index in [4.69, 9.17) is 34.8 Å². The third-order valence-electron chi connectivity index (χ3n) is 4.39. The van der Waals surface area contributed by atoms with Crippen LogP contribution >= 0.6 is 34.8 Å². The Kier molecular flexibility index (Phi) is 5.77. The second kappa shape index (κ2) is 8.48. The summed E-state index contributed by atoms with van der Waals surface area (Å²) in [5, 5.41) is 8.92. The average Bonchev–Trinajstić information content (AvgIpc) is 3.17. The van der Waals surface area contributed by atoms with Crippen LogP contribution in [0.3, 0.4) is 0 Å². The number of hydrogen-bond acceptors (Lipinski definition) is 3. The Morgan fingerprint density at radius 1 is 0.933 bits per heavy atom. The molecule has 1 amide bonds. The molecule has 0 radical (unpaired) electrons. The highest BCUT2D eigenvalue weighted by Gasteiger charge is 2.19. The first-order valence-corrected chi connectivity index (χ1v) is 10.1. The van der Waals surface area contributed by atoms with Gasteiger partial charge in [0.15, 0.2) is 5.82 Å². The van der Waals surface area contributed by atoms with Gasteiger partial charge in [-0.25, -0.2) is 9.67 Å². The van der Waals surface area contributed by atoms with Crippen molar-refractivity contribution in [2.45, 2.75) is 6.92 Å². The molecule has 0 aliphatic heterocycles. The van der Waals surface area contributed by atoms with E-state index >= 15 is 0 Å². The van der Waals surface area contributed by atoms with Gasteiger partial charge in [-0.2, -0.15) is 0 Å². The molecule has 1 aromatic heterocycles. The number of aryl methyl sites for hydroxylation is 1. The quantitative estimate of drug-likeness (QED) is 0.383. The van der Waals surface area contributed by atoms with Crippen LogP contribution in [0.2, 0.25) is 15.1 Å². The van der Waals surface area contributed by atoms with E-state index in [2.05, 4.69) is 15.4 Å². The minimum absolute atomic E-state index is 0.0108. The molecule has 5 nitrogen and oxygen atoms in total. The van der Waals surface area contributed by atoms with Crippen molar-refractivity contribution in [1.82, 2.24) is 14.8 Å². The van der Waals surface area contributed by atoms with E-state index in [9.17, 15) is 4.79 Å². The maximum Gasteiger partial charge on any atom is 0.295 e. The fourth-order valence-electron chi connectivity index (χ4n) is 2.84. The molecule has 0 aliphatic rings. The van der Waals surface area contributed by atoms with Crippen molar-refractivity contribution in [2.24, 2.45) is 0 Å². The monoisotopic (exact) mass is 456 g/mol. The van der Waals surface area contributed by atoms with Crippen LogP contribution in [0.5, 0.6) is 0 Å². The molecule has 1 heterocycles. The van der Waals surface area contributed by atoms with Crippen molar-refractivity contribution in [3.8, 4) is 17.1 Å². The zero-order valence-electron chi connectivity index (χ0n) is 15.7. The molecule has 150 valence electrons. The molecular weight excluding hydrogens is 443 g/mol. The van der Waals surface area contributed by atoms with Crippen molar-refractivity contribution >= 4 is 46.4 Å². The summed E-state index contributed by atoms with van der Waals surface area (Å²) in [6.45, 7) is 1.89. The molecule has 0 aliphatic carbocycles. The van der Waals surface area contributed by atoms with Crippen molar-refractivity contribution in [1.29, 1.82) is 0 Å². The second-order valence-electron chi connectivity index (χ2n) is 6.58. The Bertz CT molecular complexity index is 1240. The minimum atomic E-state index is -0.453. The zero-order chi connectivity index (χ0) is 21.3. The minimum Gasteiger partial charge on any atom is -0.319 e. The Morgan fingerprint density at radius 3 is 2.40 bits per heavy atom. The predicted octanol–water partition coefficient (Wildman–Crippen LogP) is 6.46. The van der Waals surface area contributed by atoms with Crippen LogP contribution < -0.4 is 5.32 Å². The Balaban J connectivity index is 1.75. The van der Waals surface area contributed by atoms with Crippen LogP contribution in [0.1, 0.15) is 16.2 Å². The van der Waals surface area contributed by atoms with Crippen molar-refractivity contribution in [3.63, 3.8) is 0 Å². The number of nitrogens with one attached hydrogen (secondary N) is 1. The van der Waals surface area contributed by atoms with Gasteiger partial charge in [0.25, 0.3) is 5.91 Å².